The van der Waals surface area contributed by atoms with Crippen molar-refractivity contribution in [3.05, 3.63) is 18.3 Å². The summed E-state index contributed by atoms with van der Waals surface area (Å²) in [6.45, 7) is 5.49. The van der Waals surface area contributed by atoms with Crippen molar-refractivity contribution in [2.75, 3.05) is 12.3 Å². The highest BCUT2D eigenvalue weighted by molar-refractivity contribution is 7.89. The number of nitrogens with zero attached hydrogens (tertiary/aromatic N) is 1. The van der Waals surface area contributed by atoms with Crippen molar-refractivity contribution in [1.29, 1.82) is 0 Å². The highest BCUT2D eigenvalue weighted by Crippen LogP contribution is 2.13. The summed E-state index contributed by atoms with van der Waals surface area (Å²) in [4.78, 5) is -0.0428. The van der Waals surface area contributed by atoms with Crippen molar-refractivity contribution < 1.29 is 8.42 Å². The van der Waals surface area contributed by atoms with Gasteiger partial charge in [0.1, 0.15) is 10.7 Å². The standard InChI is InChI=1S/C7H12N4O2S/c1-5(2)3-10-14(12,13)6-4-9-11-7(6)8/h4,10H,1,3H2,2H3,(H3,8,9,11). The van der Waals surface area contributed by atoms with Gasteiger partial charge in [0.25, 0.3) is 0 Å². The first kappa shape index (κ1) is 10.7. The van der Waals surface area contributed by atoms with E-state index in [0.717, 1.165) is 11.8 Å². The van der Waals surface area contributed by atoms with Crippen molar-refractivity contribution >= 4 is 15.8 Å². The largest absolute Gasteiger partial charge is 0.383 e. The fourth-order valence-corrected chi connectivity index (χ4v) is 1.91. The van der Waals surface area contributed by atoms with Crippen LogP contribution in [0, 0.1) is 0 Å². The summed E-state index contributed by atoms with van der Waals surface area (Å²) in [7, 11) is -3.57. The Balaban J connectivity index is 2.87. The molecule has 0 radical (unpaired) electrons. The SMILES string of the molecule is C=C(C)CNS(=O)(=O)c1cn[nH]c1N. The quantitative estimate of drug-likeness (QED) is 0.609. The van der Waals surface area contributed by atoms with Gasteiger partial charge in [0.2, 0.25) is 10.0 Å². The van der Waals surface area contributed by atoms with Crippen molar-refractivity contribution in [1.82, 2.24) is 14.9 Å². The lowest BCUT2D eigenvalue weighted by Crippen LogP contribution is -2.25. The van der Waals surface area contributed by atoms with Crippen molar-refractivity contribution in [3.8, 4) is 0 Å². The van der Waals surface area contributed by atoms with E-state index in [4.69, 9.17) is 5.73 Å². The Bertz CT molecular complexity index is 434. The van der Waals surface area contributed by atoms with Crippen molar-refractivity contribution in [2.24, 2.45) is 0 Å². The molecular weight excluding hydrogens is 204 g/mol. The maximum atomic E-state index is 11.5. The summed E-state index contributed by atoms with van der Waals surface area (Å²) in [6.07, 6.45) is 1.16. The first-order valence-corrected chi connectivity index (χ1v) is 5.34. The first-order chi connectivity index (χ1) is 6.43. The van der Waals surface area contributed by atoms with E-state index >= 15 is 0 Å². The maximum Gasteiger partial charge on any atom is 0.246 e. The van der Waals surface area contributed by atoms with Crippen LogP contribution in [0.2, 0.25) is 0 Å². The number of hydrogen-bond donors (Lipinski definition) is 3. The van der Waals surface area contributed by atoms with Crippen LogP contribution in [0.5, 0.6) is 0 Å². The fourth-order valence-electron chi connectivity index (χ4n) is 0.795. The third-order valence-electron chi connectivity index (χ3n) is 1.49. The van der Waals surface area contributed by atoms with E-state index in [-0.39, 0.29) is 17.3 Å². The summed E-state index contributed by atoms with van der Waals surface area (Å²) in [6, 6.07) is 0. The molecule has 78 valence electrons. The lowest BCUT2D eigenvalue weighted by atomic mass is 10.4. The van der Waals surface area contributed by atoms with Gasteiger partial charge >= 0.3 is 0 Å². The smallest absolute Gasteiger partial charge is 0.246 e. The Morgan fingerprint density at radius 3 is 2.86 bits per heavy atom. The molecule has 0 unspecified atom stereocenters. The normalized spacial score (nSPS) is 11.5. The zero-order chi connectivity index (χ0) is 10.8. The molecular formula is C7H12N4O2S. The monoisotopic (exact) mass is 216 g/mol. The molecule has 0 saturated carbocycles. The van der Waals surface area contributed by atoms with Gasteiger partial charge in [-0.3, -0.25) is 5.10 Å². The number of hydrogen-bond acceptors (Lipinski definition) is 4. The molecule has 1 aromatic rings. The molecule has 0 aliphatic carbocycles. The molecule has 1 heterocycles. The molecule has 1 rings (SSSR count). The van der Waals surface area contributed by atoms with Crippen LogP contribution in [0.4, 0.5) is 5.82 Å². The van der Waals surface area contributed by atoms with Crippen molar-refractivity contribution in [3.63, 3.8) is 0 Å². The molecule has 4 N–H and O–H groups in total. The molecule has 0 aliphatic rings. The number of nitrogens with two attached hydrogens (primary N) is 1. The number of nitrogen functional groups attached to an aromatic ring is 1. The second-order valence-corrected chi connectivity index (χ2v) is 4.66. The maximum absolute atomic E-state index is 11.5. The van der Waals surface area contributed by atoms with Crippen LogP contribution >= 0.6 is 0 Å². The topological polar surface area (TPSA) is 101 Å². The van der Waals surface area contributed by atoms with Gasteiger partial charge in [-0.15, -0.1) is 0 Å². The summed E-state index contributed by atoms with van der Waals surface area (Å²) >= 11 is 0. The minimum atomic E-state index is -3.57. The van der Waals surface area contributed by atoms with Gasteiger partial charge in [0.15, 0.2) is 0 Å². The van der Waals surface area contributed by atoms with E-state index in [1.54, 1.807) is 6.92 Å². The second-order valence-electron chi connectivity index (χ2n) is 2.93. The van der Waals surface area contributed by atoms with Crippen LogP contribution in [0.1, 0.15) is 6.92 Å². The molecule has 0 saturated heterocycles. The lowest BCUT2D eigenvalue weighted by Gasteiger charge is -2.04. The van der Waals surface area contributed by atoms with E-state index in [1.165, 1.54) is 0 Å². The number of rotatable bonds is 4. The van der Waals surface area contributed by atoms with E-state index in [1.807, 2.05) is 0 Å². The third kappa shape index (κ3) is 2.33. The van der Waals surface area contributed by atoms with Gasteiger partial charge in [-0.1, -0.05) is 12.2 Å². The number of nitrogens with one attached hydrogen (secondary N) is 2. The van der Waals surface area contributed by atoms with Crippen LogP contribution in [0.3, 0.4) is 0 Å². The second kappa shape index (κ2) is 3.81. The summed E-state index contributed by atoms with van der Waals surface area (Å²) in [5, 5.41) is 5.87. The zero-order valence-corrected chi connectivity index (χ0v) is 8.56. The lowest BCUT2D eigenvalue weighted by molar-refractivity contribution is 0.585. The van der Waals surface area contributed by atoms with Crippen LogP contribution in [-0.2, 0) is 10.0 Å². The van der Waals surface area contributed by atoms with E-state index in [9.17, 15) is 8.42 Å². The highest BCUT2D eigenvalue weighted by atomic mass is 32.2. The van der Waals surface area contributed by atoms with Gasteiger partial charge in [-0.2, -0.15) is 5.10 Å². The molecule has 0 spiro atoms. The Kier molecular flexibility index (Phi) is 2.92. The molecule has 0 aromatic carbocycles. The molecule has 14 heavy (non-hydrogen) atoms. The zero-order valence-electron chi connectivity index (χ0n) is 7.74. The average molecular weight is 216 g/mol. The molecule has 0 aliphatic heterocycles. The molecule has 1 aromatic heterocycles. The van der Waals surface area contributed by atoms with Crippen LogP contribution < -0.4 is 10.5 Å². The Labute approximate surface area is 82.2 Å². The fraction of sp³-hybridized carbons (Fsp3) is 0.286. The Morgan fingerprint density at radius 1 is 1.79 bits per heavy atom. The number of aromatic nitrogens is 2. The van der Waals surface area contributed by atoms with Gasteiger partial charge in [-0.25, -0.2) is 13.1 Å². The average Bonchev–Trinajstić information content (AvgIpc) is 2.48. The number of H-pyrrole nitrogens is 1. The number of anilines is 1. The molecule has 6 nitrogen and oxygen atoms in total. The summed E-state index contributed by atoms with van der Waals surface area (Å²) in [5.41, 5.74) is 6.09. The van der Waals surface area contributed by atoms with Crippen LogP contribution in [-0.4, -0.2) is 25.2 Å². The Morgan fingerprint density at radius 2 is 2.43 bits per heavy atom. The predicted octanol–water partition coefficient (Wildman–Crippen LogP) is -0.154. The number of aromatic amines is 1. The van der Waals surface area contributed by atoms with Crippen LogP contribution in [0.25, 0.3) is 0 Å². The van der Waals surface area contributed by atoms with Gasteiger partial charge < -0.3 is 5.73 Å². The van der Waals surface area contributed by atoms with Crippen LogP contribution in [0.15, 0.2) is 23.2 Å². The minimum absolute atomic E-state index is 0.0271. The molecule has 0 atom stereocenters. The van der Waals surface area contributed by atoms with E-state index in [0.29, 0.717) is 0 Å². The molecule has 7 heteroatoms. The molecule has 0 bridgehead atoms. The van der Waals surface area contributed by atoms with Crippen molar-refractivity contribution in [2.45, 2.75) is 11.8 Å². The van der Waals surface area contributed by atoms with Gasteiger partial charge in [0, 0.05) is 6.54 Å². The van der Waals surface area contributed by atoms with E-state index in [2.05, 4.69) is 21.5 Å². The predicted molar refractivity (Wildman–Crippen MR) is 53.0 cm³/mol. The molecule has 0 amide bonds. The summed E-state index contributed by atoms with van der Waals surface area (Å²) < 4.78 is 25.4. The third-order valence-corrected chi connectivity index (χ3v) is 2.91. The van der Waals surface area contributed by atoms with E-state index < -0.39 is 10.0 Å². The molecule has 0 fully saturated rings. The van der Waals surface area contributed by atoms with Gasteiger partial charge in [-0.05, 0) is 6.92 Å². The van der Waals surface area contributed by atoms with Gasteiger partial charge in [0.05, 0.1) is 6.20 Å². The highest BCUT2D eigenvalue weighted by Gasteiger charge is 2.18. The minimum Gasteiger partial charge on any atom is -0.383 e. The summed E-state index contributed by atoms with van der Waals surface area (Å²) in [5.74, 6) is 0.0271. The number of sulfonamides is 1. The Hall–Kier alpha value is -1.34. The first-order valence-electron chi connectivity index (χ1n) is 3.86.